The normalized spacial score (nSPS) is 17.6. The fourth-order valence-electron chi connectivity index (χ4n) is 6.75. The molecule has 5 heterocycles. The van der Waals surface area contributed by atoms with Crippen molar-refractivity contribution in [2.24, 2.45) is 0 Å². The summed E-state index contributed by atoms with van der Waals surface area (Å²) in [5.41, 5.74) is 4.73. The van der Waals surface area contributed by atoms with Gasteiger partial charge >= 0.3 is 0 Å². The third-order valence-corrected chi connectivity index (χ3v) is 11.9. The number of hydrogen-bond donors (Lipinski definition) is 1. The van der Waals surface area contributed by atoms with E-state index in [1.54, 1.807) is 36.4 Å². The van der Waals surface area contributed by atoms with Crippen LogP contribution in [0.5, 0.6) is 5.88 Å². The van der Waals surface area contributed by atoms with Crippen LogP contribution in [0.1, 0.15) is 56.2 Å². The van der Waals surface area contributed by atoms with Crippen molar-refractivity contribution in [3.63, 3.8) is 0 Å². The Labute approximate surface area is 273 Å². The number of amides is 1. The fraction of sp³-hybridized carbons (Fsp3) is 0.438. The van der Waals surface area contributed by atoms with Crippen LogP contribution in [0.2, 0.25) is 0 Å². The number of nitrogens with one attached hydrogen (secondary N) is 1. The Bertz CT molecular complexity index is 1850. The van der Waals surface area contributed by atoms with E-state index in [1.165, 1.54) is 19.3 Å². The maximum Gasteiger partial charge on any atom is 0.273 e. The lowest BCUT2D eigenvalue weighted by atomic mass is 9.64. The number of ether oxygens (including phenoxy) is 1. The molecule has 1 saturated carbocycles. The quantitative estimate of drug-likeness (QED) is 0.218. The van der Waals surface area contributed by atoms with Crippen LogP contribution >= 0.6 is 23.9 Å². The number of sulfonamides is 1. The summed E-state index contributed by atoms with van der Waals surface area (Å²) < 4.78 is 39.8. The third-order valence-electron chi connectivity index (χ3n) is 9.22. The Kier molecular flexibility index (Phi) is 8.77. The molecule has 1 N–H and O–H groups in total. The number of rotatable bonds is 9. The topological polar surface area (TPSA) is 118 Å². The van der Waals surface area contributed by atoms with Crippen LogP contribution in [-0.4, -0.2) is 66.9 Å². The van der Waals surface area contributed by atoms with Gasteiger partial charge < -0.3 is 14.5 Å². The van der Waals surface area contributed by atoms with Crippen molar-refractivity contribution in [1.82, 2.24) is 19.2 Å². The molecule has 0 unspecified atom stereocenters. The first-order chi connectivity index (χ1) is 21.2. The maximum atomic E-state index is 13.4. The highest BCUT2D eigenvalue weighted by Gasteiger charge is 2.54. The number of piperidine rings is 1. The lowest BCUT2D eigenvalue weighted by Crippen LogP contribution is -2.43. The van der Waals surface area contributed by atoms with Crippen LogP contribution in [0.15, 0.2) is 46.9 Å². The molecule has 1 aliphatic carbocycles. The van der Waals surface area contributed by atoms with Gasteiger partial charge in [-0.25, -0.2) is 13.4 Å². The average molecular weight is 669 g/mol. The molecule has 7 rings (SSSR count). The van der Waals surface area contributed by atoms with Gasteiger partial charge in [0.2, 0.25) is 11.8 Å². The zero-order valence-electron chi connectivity index (χ0n) is 25.4. The molecule has 13 heteroatoms. The second-order valence-corrected chi connectivity index (χ2v) is 14.8. The number of anilines is 2. The van der Waals surface area contributed by atoms with Crippen molar-refractivity contribution in [3.05, 3.63) is 54.0 Å². The molecular weight excluding hydrogens is 632 g/mol. The van der Waals surface area contributed by atoms with Gasteiger partial charge in [-0.2, -0.15) is 4.37 Å². The van der Waals surface area contributed by atoms with E-state index in [9.17, 15) is 13.2 Å². The van der Waals surface area contributed by atoms with E-state index >= 15 is 0 Å². The van der Waals surface area contributed by atoms with Crippen LogP contribution in [-0.2, 0) is 20.2 Å². The van der Waals surface area contributed by atoms with Gasteiger partial charge in [0.15, 0.2) is 4.21 Å². The first kappa shape index (κ1) is 31.7. The Morgan fingerprint density at radius 1 is 1.02 bits per heavy atom. The lowest BCUT2D eigenvalue weighted by Gasteiger charge is -2.37. The van der Waals surface area contributed by atoms with Gasteiger partial charge in [0, 0.05) is 36.3 Å². The van der Waals surface area contributed by atoms with Crippen molar-refractivity contribution in [2.75, 3.05) is 42.9 Å². The Hall–Kier alpha value is -3.32. The van der Waals surface area contributed by atoms with Crippen LogP contribution in [0.25, 0.3) is 22.0 Å². The molecule has 4 aromatic rings. The first-order valence-corrected chi connectivity index (χ1v) is 17.5. The van der Waals surface area contributed by atoms with Crippen molar-refractivity contribution >= 4 is 62.1 Å². The minimum atomic E-state index is -3.90. The third kappa shape index (κ3) is 5.77. The standard InChI is InChI=1S/C32H36N6O4S2.ClH/c1-21-16-28(43-35-21)44(40,41)36-26-18-23(19-34-30(26)42-15-7-14-38-12-4-3-5-13-38)22-8-9-25-24(17-22)29-27(20-33-25)37(2)31(39)32(29)10-6-11-32;/h8-9,16-20,36H,3-7,10-15H2,1-2H3;1H. The number of benzene rings is 1. The molecule has 0 radical (unpaired) electrons. The van der Waals surface area contributed by atoms with Crippen molar-refractivity contribution in [1.29, 1.82) is 0 Å². The predicted molar refractivity (Wildman–Crippen MR) is 179 cm³/mol. The fourth-order valence-corrected chi connectivity index (χ4v) is 8.75. The van der Waals surface area contributed by atoms with E-state index < -0.39 is 15.4 Å². The number of carbonyl (C=O) groups excluding carboxylic acids is 1. The number of pyridine rings is 2. The molecule has 1 amide bonds. The highest BCUT2D eigenvalue weighted by molar-refractivity contribution is 7.94. The number of likely N-dealkylation sites (tertiary alicyclic amines) is 1. The van der Waals surface area contributed by atoms with Crippen LogP contribution < -0.4 is 14.4 Å². The second kappa shape index (κ2) is 12.5. The molecule has 2 aliphatic heterocycles. The van der Waals surface area contributed by atoms with E-state index in [4.69, 9.17) is 4.74 Å². The van der Waals surface area contributed by atoms with Gasteiger partial charge in [0.05, 0.1) is 35.1 Å². The highest BCUT2D eigenvalue weighted by atomic mass is 35.5. The Balaban J connectivity index is 0.00000357. The average Bonchev–Trinajstić information content (AvgIpc) is 3.55. The number of aryl methyl sites for hydroxylation is 1. The van der Waals surface area contributed by atoms with Crippen LogP contribution in [0.4, 0.5) is 11.4 Å². The molecule has 0 atom stereocenters. The molecular formula is C32H37ClN6O4S2. The minimum absolute atomic E-state index is 0. The van der Waals surface area contributed by atoms with Crippen LogP contribution in [0, 0.1) is 6.92 Å². The van der Waals surface area contributed by atoms with Gasteiger partial charge in [-0.15, -0.1) is 12.4 Å². The second-order valence-electron chi connectivity index (χ2n) is 12.1. The summed E-state index contributed by atoms with van der Waals surface area (Å²) in [6.45, 7) is 5.35. The number of fused-ring (bicyclic) bond motifs is 4. The predicted octanol–water partition coefficient (Wildman–Crippen LogP) is 5.94. The van der Waals surface area contributed by atoms with Crippen molar-refractivity contribution in [2.45, 2.75) is 61.5 Å². The molecule has 1 saturated heterocycles. The van der Waals surface area contributed by atoms with E-state index in [-0.39, 0.29) is 34.1 Å². The summed E-state index contributed by atoms with van der Waals surface area (Å²) in [6, 6.07) is 9.28. The summed E-state index contributed by atoms with van der Waals surface area (Å²) in [5, 5.41) is 0.942. The van der Waals surface area contributed by atoms with Gasteiger partial charge in [-0.05, 0) is 93.5 Å². The van der Waals surface area contributed by atoms with Crippen molar-refractivity contribution in [3.8, 4) is 17.0 Å². The first-order valence-electron chi connectivity index (χ1n) is 15.3. The zero-order chi connectivity index (χ0) is 30.5. The molecule has 0 bridgehead atoms. The van der Waals surface area contributed by atoms with E-state index in [0.29, 0.717) is 12.3 Å². The minimum Gasteiger partial charge on any atom is -0.476 e. The molecule has 45 heavy (non-hydrogen) atoms. The highest BCUT2D eigenvalue weighted by Crippen LogP contribution is 2.55. The van der Waals surface area contributed by atoms with Gasteiger partial charge in [0.1, 0.15) is 5.69 Å². The Morgan fingerprint density at radius 2 is 1.82 bits per heavy atom. The van der Waals surface area contributed by atoms with E-state index in [0.717, 1.165) is 90.1 Å². The van der Waals surface area contributed by atoms with E-state index in [1.807, 2.05) is 19.2 Å². The summed E-state index contributed by atoms with van der Waals surface area (Å²) in [4.78, 5) is 26.7. The summed E-state index contributed by atoms with van der Waals surface area (Å²) in [6.07, 6.45) is 10.8. The zero-order valence-corrected chi connectivity index (χ0v) is 27.9. The number of carbonyl (C=O) groups is 1. The summed E-state index contributed by atoms with van der Waals surface area (Å²) >= 11 is 0.934. The largest absolute Gasteiger partial charge is 0.476 e. The number of nitrogens with zero attached hydrogens (tertiary/aromatic N) is 5. The molecule has 3 aromatic heterocycles. The number of halogens is 1. The molecule has 238 valence electrons. The maximum absolute atomic E-state index is 13.4. The smallest absolute Gasteiger partial charge is 0.273 e. The monoisotopic (exact) mass is 668 g/mol. The molecule has 3 aliphatic rings. The van der Waals surface area contributed by atoms with Crippen LogP contribution in [0.3, 0.4) is 0 Å². The molecule has 1 aromatic carbocycles. The van der Waals surface area contributed by atoms with Gasteiger partial charge in [0.25, 0.3) is 10.0 Å². The number of hydrogen-bond acceptors (Lipinski definition) is 9. The molecule has 2 fully saturated rings. The molecule has 10 nitrogen and oxygen atoms in total. The summed E-state index contributed by atoms with van der Waals surface area (Å²) in [7, 11) is -2.08. The summed E-state index contributed by atoms with van der Waals surface area (Å²) in [5.74, 6) is 0.373. The van der Waals surface area contributed by atoms with Gasteiger partial charge in [-0.3, -0.25) is 14.5 Å². The number of aromatic nitrogens is 3. The Morgan fingerprint density at radius 3 is 2.53 bits per heavy atom. The SMILES string of the molecule is Cc1cc(S(=O)(=O)Nc2cc(-c3ccc4ncc5c(c4c3)C3(CCC3)C(=O)N5C)cnc2OCCCN2CCCCC2)sn1.Cl. The lowest BCUT2D eigenvalue weighted by molar-refractivity contribution is -0.125. The molecule has 1 spiro atoms. The van der Waals surface area contributed by atoms with E-state index in [2.05, 4.69) is 30.0 Å². The van der Waals surface area contributed by atoms with Crippen molar-refractivity contribution < 1.29 is 17.9 Å². The van der Waals surface area contributed by atoms with Gasteiger partial charge in [-0.1, -0.05) is 18.9 Å². The number of likely N-dealkylation sites (N-methyl/N-ethyl adjacent to an activating group) is 1.